The number of rotatable bonds is 9. The zero-order valence-electron chi connectivity index (χ0n) is 14.7. The number of imidazole rings is 1. The Labute approximate surface area is 154 Å². The molecule has 0 fully saturated rings. The molecule has 3 nitrogen and oxygen atoms in total. The molecule has 0 aliphatic carbocycles. The number of para-hydroxylation sites is 2. The Bertz CT molecular complexity index is 795. The van der Waals surface area contributed by atoms with Crippen LogP contribution in [0.5, 0.6) is 5.75 Å². The number of aromatic nitrogens is 2. The number of fused-ring (bicyclic) bond motifs is 1. The number of ether oxygens (including phenoxy) is 1. The summed E-state index contributed by atoms with van der Waals surface area (Å²) in [5.74, 6) is 1.79. The van der Waals surface area contributed by atoms with Gasteiger partial charge < -0.3 is 9.30 Å². The van der Waals surface area contributed by atoms with Crippen molar-refractivity contribution < 1.29 is 4.74 Å². The van der Waals surface area contributed by atoms with Gasteiger partial charge in [0.15, 0.2) is 0 Å². The van der Waals surface area contributed by atoms with E-state index >= 15 is 0 Å². The summed E-state index contributed by atoms with van der Waals surface area (Å²) in [6.07, 6.45) is 6.33. The van der Waals surface area contributed by atoms with Crippen LogP contribution in [0.1, 0.15) is 44.9 Å². The second kappa shape index (κ2) is 8.91. The molecule has 25 heavy (non-hydrogen) atoms. The van der Waals surface area contributed by atoms with Gasteiger partial charge in [0.05, 0.1) is 11.0 Å². The third kappa shape index (κ3) is 4.76. The molecule has 0 spiro atoms. The minimum atomic E-state index is 0.464. The minimum absolute atomic E-state index is 0.464. The smallest absolute Gasteiger partial charge is 0.147 e. The molecule has 0 N–H and O–H groups in total. The Kier molecular flexibility index (Phi) is 6.35. The Morgan fingerprint density at radius 2 is 1.72 bits per heavy atom. The lowest BCUT2D eigenvalue weighted by Crippen LogP contribution is -2.07. The van der Waals surface area contributed by atoms with Gasteiger partial charge in [0.25, 0.3) is 0 Å². The van der Waals surface area contributed by atoms with Crippen LogP contribution in [0.3, 0.4) is 0 Å². The predicted octanol–water partition coefficient (Wildman–Crippen LogP) is 6.24. The summed E-state index contributed by atoms with van der Waals surface area (Å²) in [5, 5.41) is 0.715. The van der Waals surface area contributed by atoms with E-state index in [1.54, 1.807) is 0 Å². The summed E-state index contributed by atoms with van der Waals surface area (Å²) in [5.41, 5.74) is 2.22. The molecule has 0 amide bonds. The molecular formula is C21H25ClN2O. The number of unbranched alkanes of at least 4 members (excludes halogenated alkanes) is 4. The van der Waals surface area contributed by atoms with E-state index in [4.69, 9.17) is 21.3 Å². The number of hydrogen-bond donors (Lipinski definition) is 0. The van der Waals surface area contributed by atoms with Crippen LogP contribution in [0.4, 0.5) is 0 Å². The third-order valence-corrected chi connectivity index (χ3v) is 4.65. The maximum Gasteiger partial charge on any atom is 0.147 e. The van der Waals surface area contributed by atoms with E-state index in [1.165, 1.54) is 37.6 Å². The van der Waals surface area contributed by atoms with E-state index in [0.717, 1.165) is 23.6 Å². The predicted molar refractivity (Wildman–Crippen MR) is 104 cm³/mol. The number of halogens is 1. The molecule has 4 heteroatoms. The molecule has 0 unspecified atom stereocenters. The molecule has 0 saturated heterocycles. The molecule has 0 saturated carbocycles. The highest BCUT2D eigenvalue weighted by atomic mass is 35.5. The largest absolute Gasteiger partial charge is 0.486 e. The van der Waals surface area contributed by atoms with Crippen molar-refractivity contribution >= 4 is 22.6 Å². The molecule has 1 aromatic heterocycles. The fourth-order valence-electron chi connectivity index (χ4n) is 3.04. The highest BCUT2D eigenvalue weighted by Gasteiger charge is 2.11. The Morgan fingerprint density at radius 1 is 0.960 bits per heavy atom. The van der Waals surface area contributed by atoms with Crippen LogP contribution >= 0.6 is 11.6 Å². The summed E-state index contributed by atoms with van der Waals surface area (Å²) >= 11 is 5.93. The topological polar surface area (TPSA) is 27.1 Å². The molecule has 3 rings (SSSR count). The number of benzene rings is 2. The molecular weight excluding hydrogens is 332 g/mol. The molecule has 1 heterocycles. The minimum Gasteiger partial charge on any atom is -0.486 e. The van der Waals surface area contributed by atoms with Crippen molar-refractivity contribution in [2.24, 2.45) is 0 Å². The van der Waals surface area contributed by atoms with Crippen LogP contribution in [0.25, 0.3) is 11.0 Å². The molecule has 0 aliphatic rings. The standard InChI is InChI=1S/C21H25ClN2O/c1-2-3-4-5-8-15-24-20-10-7-6-9-19(20)23-21(24)16-25-18-13-11-17(22)12-14-18/h6-7,9-14H,2-5,8,15-16H2,1H3. The number of aryl methyl sites for hydroxylation is 1. The lowest BCUT2D eigenvalue weighted by atomic mass is 10.1. The maximum absolute atomic E-state index is 5.93. The fraction of sp³-hybridized carbons (Fsp3) is 0.381. The normalized spacial score (nSPS) is 11.1. The van der Waals surface area contributed by atoms with Gasteiger partial charge in [-0.2, -0.15) is 0 Å². The number of hydrogen-bond acceptors (Lipinski definition) is 2. The zero-order valence-corrected chi connectivity index (χ0v) is 15.5. The van der Waals surface area contributed by atoms with Gasteiger partial charge >= 0.3 is 0 Å². The van der Waals surface area contributed by atoms with Crippen molar-refractivity contribution in [3.8, 4) is 5.75 Å². The molecule has 0 aliphatic heterocycles. The molecule has 3 aromatic rings. The van der Waals surface area contributed by atoms with Crippen LogP contribution in [-0.4, -0.2) is 9.55 Å². The second-order valence-corrected chi connectivity index (χ2v) is 6.76. The molecule has 0 bridgehead atoms. The average Bonchev–Trinajstić information content (AvgIpc) is 2.99. The number of nitrogens with zero attached hydrogens (tertiary/aromatic N) is 2. The third-order valence-electron chi connectivity index (χ3n) is 4.40. The average molecular weight is 357 g/mol. The first kappa shape index (κ1) is 17.8. The van der Waals surface area contributed by atoms with Crippen molar-refractivity contribution in [1.29, 1.82) is 0 Å². The van der Waals surface area contributed by atoms with Gasteiger partial charge in [-0.1, -0.05) is 56.3 Å². The van der Waals surface area contributed by atoms with E-state index in [-0.39, 0.29) is 0 Å². The lowest BCUT2D eigenvalue weighted by Gasteiger charge is -2.10. The summed E-state index contributed by atoms with van der Waals surface area (Å²) in [6.45, 7) is 3.70. The van der Waals surface area contributed by atoms with E-state index in [2.05, 4.69) is 29.7 Å². The first-order valence-electron chi connectivity index (χ1n) is 9.10. The highest BCUT2D eigenvalue weighted by Crippen LogP contribution is 2.20. The van der Waals surface area contributed by atoms with Crippen molar-refractivity contribution in [3.05, 3.63) is 59.4 Å². The van der Waals surface area contributed by atoms with Gasteiger partial charge in [-0.25, -0.2) is 4.98 Å². The van der Waals surface area contributed by atoms with Crippen LogP contribution in [0, 0.1) is 0 Å². The second-order valence-electron chi connectivity index (χ2n) is 6.33. The lowest BCUT2D eigenvalue weighted by molar-refractivity contribution is 0.289. The molecule has 132 valence electrons. The van der Waals surface area contributed by atoms with Gasteiger partial charge in [-0.05, 0) is 42.8 Å². The summed E-state index contributed by atoms with van der Waals surface area (Å²) in [7, 11) is 0. The quantitative estimate of drug-likeness (QED) is 0.424. The van der Waals surface area contributed by atoms with E-state index < -0.39 is 0 Å². The van der Waals surface area contributed by atoms with E-state index in [0.29, 0.717) is 11.6 Å². The SMILES string of the molecule is CCCCCCCn1c(COc2ccc(Cl)cc2)nc2ccccc21. The van der Waals surface area contributed by atoms with Gasteiger partial charge in [0.2, 0.25) is 0 Å². The van der Waals surface area contributed by atoms with Gasteiger partial charge in [-0.3, -0.25) is 0 Å². The summed E-state index contributed by atoms with van der Waals surface area (Å²) in [4.78, 5) is 4.77. The zero-order chi connectivity index (χ0) is 17.5. The maximum atomic E-state index is 5.93. The molecule has 0 atom stereocenters. The summed E-state index contributed by atoms with van der Waals surface area (Å²) in [6, 6.07) is 15.8. The van der Waals surface area contributed by atoms with Crippen molar-refractivity contribution in [2.75, 3.05) is 0 Å². The summed E-state index contributed by atoms with van der Waals surface area (Å²) < 4.78 is 8.22. The van der Waals surface area contributed by atoms with Crippen molar-refractivity contribution in [1.82, 2.24) is 9.55 Å². The van der Waals surface area contributed by atoms with E-state index in [9.17, 15) is 0 Å². The Balaban J connectivity index is 1.71. The van der Waals surface area contributed by atoms with Crippen LogP contribution in [0.15, 0.2) is 48.5 Å². The Morgan fingerprint density at radius 3 is 2.52 bits per heavy atom. The monoisotopic (exact) mass is 356 g/mol. The first-order chi connectivity index (χ1) is 12.3. The molecule has 2 aromatic carbocycles. The van der Waals surface area contributed by atoms with Crippen LogP contribution in [-0.2, 0) is 13.2 Å². The van der Waals surface area contributed by atoms with Gasteiger partial charge in [-0.15, -0.1) is 0 Å². The molecule has 0 radical (unpaired) electrons. The fourth-order valence-corrected chi connectivity index (χ4v) is 3.16. The van der Waals surface area contributed by atoms with Gasteiger partial charge in [0.1, 0.15) is 18.2 Å². The highest BCUT2D eigenvalue weighted by molar-refractivity contribution is 6.30. The van der Waals surface area contributed by atoms with E-state index in [1.807, 2.05) is 30.3 Å². The van der Waals surface area contributed by atoms with Gasteiger partial charge in [0, 0.05) is 11.6 Å². The first-order valence-corrected chi connectivity index (χ1v) is 9.48. The van der Waals surface area contributed by atoms with Crippen molar-refractivity contribution in [2.45, 2.75) is 52.2 Å². The van der Waals surface area contributed by atoms with Crippen LogP contribution in [0.2, 0.25) is 5.02 Å². The van der Waals surface area contributed by atoms with Crippen molar-refractivity contribution in [3.63, 3.8) is 0 Å². The Hall–Kier alpha value is -2.00. The van der Waals surface area contributed by atoms with Crippen LogP contribution < -0.4 is 4.74 Å².